The molecule has 0 bridgehead atoms. The summed E-state index contributed by atoms with van der Waals surface area (Å²) in [6.07, 6.45) is 0. The van der Waals surface area contributed by atoms with Crippen LogP contribution in [-0.4, -0.2) is 53.1 Å². The van der Waals surface area contributed by atoms with E-state index in [9.17, 15) is 9.59 Å². The molecule has 1 aliphatic heterocycles. The van der Waals surface area contributed by atoms with Gasteiger partial charge < -0.3 is 14.4 Å². The van der Waals surface area contributed by atoms with Crippen LogP contribution in [0.25, 0.3) is 0 Å². The maximum absolute atomic E-state index is 12.6. The van der Waals surface area contributed by atoms with E-state index >= 15 is 0 Å². The molecule has 0 N–H and O–H groups in total. The maximum atomic E-state index is 12.6. The van der Waals surface area contributed by atoms with Crippen LogP contribution >= 0.6 is 23.5 Å². The topological polar surface area (TPSA) is 55.8 Å². The van der Waals surface area contributed by atoms with E-state index in [0.717, 1.165) is 17.5 Å². The number of thioether (sulfide) groups is 2. The molecule has 1 atom stereocenters. The van der Waals surface area contributed by atoms with Gasteiger partial charge in [-0.1, -0.05) is 54.2 Å². The minimum Gasteiger partial charge on any atom is -0.493 e. The van der Waals surface area contributed by atoms with Gasteiger partial charge in [0.1, 0.15) is 12.0 Å². The van der Waals surface area contributed by atoms with Crippen LogP contribution in [0.1, 0.15) is 10.4 Å². The normalized spacial score (nSPS) is 16.2. The van der Waals surface area contributed by atoms with Gasteiger partial charge in [0.2, 0.25) is 11.0 Å². The second kappa shape index (κ2) is 9.71. The van der Waals surface area contributed by atoms with Crippen molar-refractivity contribution in [1.29, 1.82) is 0 Å². The Labute approximate surface area is 167 Å². The first-order valence-corrected chi connectivity index (χ1v) is 10.6. The van der Waals surface area contributed by atoms with Crippen molar-refractivity contribution in [2.24, 2.45) is 0 Å². The Morgan fingerprint density at radius 2 is 1.81 bits per heavy atom. The molecule has 1 fully saturated rings. The lowest BCUT2D eigenvalue weighted by Crippen LogP contribution is -2.39. The molecule has 0 aliphatic carbocycles. The number of methoxy groups -OCH3 is 1. The third-order valence-corrected chi connectivity index (χ3v) is 6.18. The molecule has 2 aromatic carbocycles. The minimum absolute atomic E-state index is 0.0390. The predicted octanol–water partition coefficient (Wildman–Crippen LogP) is 3.55. The highest BCUT2D eigenvalue weighted by Crippen LogP contribution is 2.29. The Morgan fingerprint density at radius 1 is 1.11 bits per heavy atom. The molecule has 5 nitrogen and oxygen atoms in total. The highest BCUT2D eigenvalue weighted by atomic mass is 32.2. The number of amides is 1. The van der Waals surface area contributed by atoms with Crippen LogP contribution in [0.2, 0.25) is 0 Å². The molecule has 2 aromatic rings. The third kappa shape index (κ3) is 5.20. The first-order chi connectivity index (χ1) is 13.2. The summed E-state index contributed by atoms with van der Waals surface area (Å²) in [7, 11) is 1.60. The predicted molar refractivity (Wildman–Crippen MR) is 110 cm³/mol. The van der Waals surface area contributed by atoms with Crippen LogP contribution in [0.4, 0.5) is 0 Å². The Morgan fingerprint density at radius 3 is 2.56 bits per heavy atom. The van der Waals surface area contributed by atoms with Gasteiger partial charge in [-0.25, -0.2) is 0 Å². The van der Waals surface area contributed by atoms with Crippen molar-refractivity contribution in [3.05, 3.63) is 60.2 Å². The number of hydrogen-bond acceptors (Lipinski definition) is 6. The van der Waals surface area contributed by atoms with Gasteiger partial charge in [-0.05, 0) is 12.1 Å². The van der Waals surface area contributed by atoms with Crippen molar-refractivity contribution in [1.82, 2.24) is 4.90 Å². The number of carbonyl (C=O) groups excluding carboxylic acids is 2. The lowest BCUT2D eigenvalue weighted by Gasteiger charge is -2.24. The van der Waals surface area contributed by atoms with Crippen molar-refractivity contribution < 1.29 is 19.1 Å². The summed E-state index contributed by atoms with van der Waals surface area (Å²) in [6, 6.07) is 16.5. The number of nitrogens with zero attached hydrogens (tertiary/aromatic N) is 1. The second-order valence-electron chi connectivity index (χ2n) is 5.82. The molecule has 142 valence electrons. The third-order valence-electron chi connectivity index (χ3n) is 4.10. The maximum Gasteiger partial charge on any atom is 0.234 e. The van der Waals surface area contributed by atoms with E-state index in [1.165, 1.54) is 0 Å². The highest BCUT2D eigenvalue weighted by Gasteiger charge is 2.30. The number of carbonyl (C=O) groups is 2. The molecule has 7 heteroatoms. The SMILES string of the molecule is COc1ccccc1OCC1SCCN1C(=O)CSC(=O)c1ccccc1. The molecule has 1 amide bonds. The molecular formula is C20H21NO4S2. The van der Waals surface area contributed by atoms with E-state index in [-0.39, 0.29) is 22.1 Å². The summed E-state index contributed by atoms with van der Waals surface area (Å²) in [5.41, 5.74) is 0.613. The zero-order chi connectivity index (χ0) is 19.1. The molecule has 1 saturated heterocycles. The van der Waals surface area contributed by atoms with Gasteiger partial charge in [-0.2, -0.15) is 0 Å². The first-order valence-electron chi connectivity index (χ1n) is 8.58. The number of para-hydroxylation sites is 2. The van der Waals surface area contributed by atoms with Crippen molar-refractivity contribution in [2.45, 2.75) is 5.37 Å². The molecule has 27 heavy (non-hydrogen) atoms. The Kier molecular flexibility index (Phi) is 7.06. The van der Waals surface area contributed by atoms with Gasteiger partial charge >= 0.3 is 0 Å². The van der Waals surface area contributed by atoms with Crippen LogP contribution in [0, 0.1) is 0 Å². The lowest BCUT2D eigenvalue weighted by atomic mass is 10.2. The summed E-state index contributed by atoms with van der Waals surface area (Å²) < 4.78 is 11.2. The van der Waals surface area contributed by atoms with Crippen LogP contribution < -0.4 is 9.47 Å². The monoisotopic (exact) mass is 403 g/mol. The van der Waals surface area contributed by atoms with E-state index in [1.807, 2.05) is 42.5 Å². The number of hydrogen-bond donors (Lipinski definition) is 0. The van der Waals surface area contributed by atoms with Crippen molar-refractivity contribution in [3.8, 4) is 11.5 Å². The summed E-state index contributed by atoms with van der Waals surface area (Å²) in [5.74, 6) is 2.29. The van der Waals surface area contributed by atoms with Crippen LogP contribution in [0.3, 0.4) is 0 Å². The van der Waals surface area contributed by atoms with Crippen LogP contribution in [0.15, 0.2) is 54.6 Å². The van der Waals surface area contributed by atoms with Gasteiger partial charge in [0.05, 0.1) is 12.9 Å². The zero-order valence-electron chi connectivity index (χ0n) is 15.0. The first kappa shape index (κ1) is 19.6. The molecular weight excluding hydrogens is 382 g/mol. The van der Waals surface area contributed by atoms with Crippen LogP contribution in [-0.2, 0) is 4.79 Å². The van der Waals surface area contributed by atoms with Gasteiger partial charge in [0.15, 0.2) is 11.5 Å². The fourth-order valence-electron chi connectivity index (χ4n) is 2.71. The Balaban J connectivity index is 1.52. The Hall–Kier alpha value is -2.12. The van der Waals surface area contributed by atoms with E-state index in [1.54, 1.807) is 35.9 Å². The van der Waals surface area contributed by atoms with Crippen LogP contribution in [0.5, 0.6) is 11.5 Å². The number of benzene rings is 2. The van der Waals surface area contributed by atoms with E-state index < -0.39 is 0 Å². The van der Waals surface area contributed by atoms with Gasteiger partial charge in [0.25, 0.3) is 0 Å². The molecule has 0 radical (unpaired) electrons. The van der Waals surface area contributed by atoms with Crippen molar-refractivity contribution >= 4 is 34.5 Å². The molecule has 1 unspecified atom stereocenters. The summed E-state index contributed by atoms with van der Waals surface area (Å²) >= 11 is 2.73. The van der Waals surface area contributed by atoms with E-state index in [0.29, 0.717) is 30.2 Å². The zero-order valence-corrected chi connectivity index (χ0v) is 16.6. The average molecular weight is 404 g/mol. The summed E-state index contributed by atoms with van der Waals surface area (Å²) in [6.45, 7) is 1.05. The largest absolute Gasteiger partial charge is 0.493 e. The van der Waals surface area contributed by atoms with E-state index in [2.05, 4.69) is 0 Å². The highest BCUT2D eigenvalue weighted by molar-refractivity contribution is 8.14. The summed E-state index contributed by atoms with van der Waals surface area (Å²) in [5, 5.41) is -0.146. The lowest BCUT2D eigenvalue weighted by molar-refractivity contribution is -0.128. The number of ether oxygens (including phenoxy) is 2. The molecule has 1 aliphatic rings. The molecule has 0 saturated carbocycles. The minimum atomic E-state index is -0.0855. The Bertz CT molecular complexity index is 785. The molecule has 3 rings (SSSR count). The fraction of sp³-hybridized carbons (Fsp3) is 0.300. The fourth-order valence-corrected chi connectivity index (χ4v) is 4.58. The average Bonchev–Trinajstić information content (AvgIpc) is 3.19. The molecule has 1 heterocycles. The second-order valence-corrected chi connectivity index (χ2v) is 8.05. The quantitative estimate of drug-likeness (QED) is 0.705. The summed E-state index contributed by atoms with van der Waals surface area (Å²) in [4.78, 5) is 26.6. The van der Waals surface area contributed by atoms with Gasteiger partial charge in [-0.3, -0.25) is 9.59 Å². The molecule has 0 aromatic heterocycles. The van der Waals surface area contributed by atoms with Gasteiger partial charge in [0, 0.05) is 17.9 Å². The smallest absolute Gasteiger partial charge is 0.234 e. The number of rotatable bonds is 7. The standard InChI is InChI=1S/C20H21NO4S2/c1-24-16-9-5-6-10-17(16)25-13-19-21(11-12-26-19)18(22)14-27-20(23)15-7-3-2-4-8-15/h2-10,19H,11-14H2,1H3. The van der Waals surface area contributed by atoms with E-state index in [4.69, 9.17) is 9.47 Å². The van der Waals surface area contributed by atoms with Gasteiger partial charge in [-0.15, -0.1) is 11.8 Å². The molecule has 0 spiro atoms. The van der Waals surface area contributed by atoms with Crippen molar-refractivity contribution in [2.75, 3.05) is 31.8 Å². The van der Waals surface area contributed by atoms with Crippen molar-refractivity contribution in [3.63, 3.8) is 0 Å².